The summed E-state index contributed by atoms with van der Waals surface area (Å²) in [6, 6.07) is 4.23. The van der Waals surface area contributed by atoms with E-state index >= 15 is 0 Å². The number of hydrogen-bond donors (Lipinski definition) is 1. The van der Waals surface area contributed by atoms with E-state index in [1.54, 1.807) is 20.2 Å². The standard InChI is InChI=1S/C15H26N2O2/c1-5-13(6-2)17(10-11-19-4)15-14(12(3)18)8-7-9-16-15/h7-9,12-13,18H,5-6,10-11H2,1-4H3. The van der Waals surface area contributed by atoms with Crippen LogP contribution in [0.4, 0.5) is 5.82 Å². The number of pyridine rings is 1. The van der Waals surface area contributed by atoms with Crippen molar-refractivity contribution in [2.24, 2.45) is 0 Å². The maximum atomic E-state index is 9.91. The fraction of sp³-hybridized carbons (Fsp3) is 0.667. The topological polar surface area (TPSA) is 45.6 Å². The minimum atomic E-state index is -0.511. The molecule has 108 valence electrons. The van der Waals surface area contributed by atoms with Gasteiger partial charge in [-0.1, -0.05) is 19.9 Å². The van der Waals surface area contributed by atoms with Crippen LogP contribution in [0.3, 0.4) is 0 Å². The second-order valence-corrected chi connectivity index (χ2v) is 4.75. The Kier molecular flexibility index (Phi) is 6.81. The minimum Gasteiger partial charge on any atom is -0.389 e. The van der Waals surface area contributed by atoms with Crippen LogP contribution in [0.1, 0.15) is 45.3 Å². The predicted molar refractivity (Wildman–Crippen MR) is 78.5 cm³/mol. The molecule has 0 amide bonds. The van der Waals surface area contributed by atoms with Gasteiger partial charge in [0.2, 0.25) is 0 Å². The first-order valence-corrected chi connectivity index (χ1v) is 7.04. The molecule has 0 saturated carbocycles. The lowest BCUT2D eigenvalue weighted by atomic mass is 10.1. The van der Waals surface area contributed by atoms with E-state index in [1.807, 2.05) is 12.1 Å². The number of methoxy groups -OCH3 is 1. The average Bonchev–Trinajstić information content (AvgIpc) is 2.43. The molecular formula is C15H26N2O2. The molecule has 0 aromatic carbocycles. The van der Waals surface area contributed by atoms with E-state index in [0.717, 1.165) is 30.8 Å². The Labute approximate surface area is 116 Å². The van der Waals surface area contributed by atoms with Crippen molar-refractivity contribution in [1.29, 1.82) is 0 Å². The quantitative estimate of drug-likeness (QED) is 0.786. The third kappa shape index (κ3) is 4.18. The largest absolute Gasteiger partial charge is 0.389 e. The Morgan fingerprint density at radius 2 is 2.05 bits per heavy atom. The van der Waals surface area contributed by atoms with E-state index in [1.165, 1.54) is 0 Å². The van der Waals surface area contributed by atoms with Gasteiger partial charge in [0.1, 0.15) is 5.82 Å². The second-order valence-electron chi connectivity index (χ2n) is 4.75. The molecule has 1 aromatic heterocycles. The summed E-state index contributed by atoms with van der Waals surface area (Å²) in [6.07, 6.45) is 3.37. The highest BCUT2D eigenvalue weighted by atomic mass is 16.5. The van der Waals surface area contributed by atoms with Crippen LogP contribution in [0.5, 0.6) is 0 Å². The molecule has 0 fully saturated rings. The van der Waals surface area contributed by atoms with Gasteiger partial charge in [-0.3, -0.25) is 0 Å². The fourth-order valence-electron chi connectivity index (χ4n) is 2.36. The van der Waals surface area contributed by atoms with E-state index in [2.05, 4.69) is 23.7 Å². The highest BCUT2D eigenvalue weighted by Crippen LogP contribution is 2.26. The van der Waals surface area contributed by atoms with E-state index < -0.39 is 6.10 Å². The van der Waals surface area contributed by atoms with Crippen LogP contribution >= 0.6 is 0 Å². The molecule has 1 N–H and O–H groups in total. The van der Waals surface area contributed by atoms with Crippen LogP contribution < -0.4 is 4.90 Å². The summed E-state index contributed by atoms with van der Waals surface area (Å²) in [7, 11) is 1.71. The third-order valence-corrected chi connectivity index (χ3v) is 3.46. The van der Waals surface area contributed by atoms with Crippen molar-refractivity contribution in [2.45, 2.75) is 45.8 Å². The molecule has 0 aliphatic heterocycles. The summed E-state index contributed by atoms with van der Waals surface area (Å²) in [5, 5.41) is 9.91. The highest BCUT2D eigenvalue weighted by molar-refractivity contribution is 5.48. The number of ether oxygens (including phenoxy) is 1. The minimum absolute atomic E-state index is 0.419. The maximum Gasteiger partial charge on any atom is 0.134 e. The van der Waals surface area contributed by atoms with Gasteiger partial charge in [0.05, 0.1) is 12.7 Å². The highest BCUT2D eigenvalue weighted by Gasteiger charge is 2.21. The van der Waals surface area contributed by atoms with Crippen molar-refractivity contribution in [2.75, 3.05) is 25.2 Å². The molecule has 0 radical (unpaired) electrons. The Hall–Kier alpha value is -1.13. The van der Waals surface area contributed by atoms with Crippen molar-refractivity contribution < 1.29 is 9.84 Å². The number of aliphatic hydroxyl groups excluding tert-OH is 1. The molecule has 4 heteroatoms. The van der Waals surface area contributed by atoms with Crippen LogP contribution in [0, 0.1) is 0 Å². The SMILES string of the molecule is CCC(CC)N(CCOC)c1ncccc1C(C)O. The molecular weight excluding hydrogens is 240 g/mol. The smallest absolute Gasteiger partial charge is 0.134 e. The van der Waals surface area contributed by atoms with Crippen molar-refractivity contribution in [3.63, 3.8) is 0 Å². The van der Waals surface area contributed by atoms with Crippen molar-refractivity contribution in [3.05, 3.63) is 23.9 Å². The first-order chi connectivity index (χ1) is 9.15. The van der Waals surface area contributed by atoms with Crippen molar-refractivity contribution >= 4 is 5.82 Å². The molecule has 0 spiro atoms. The van der Waals surface area contributed by atoms with Gasteiger partial charge in [0.25, 0.3) is 0 Å². The van der Waals surface area contributed by atoms with E-state index in [-0.39, 0.29) is 0 Å². The molecule has 0 saturated heterocycles. The molecule has 1 unspecified atom stereocenters. The molecule has 1 heterocycles. The van der Waals surface area contributed by atoms with Crippen molar-refractivity contribution in [3.8, 4) is 0 Å². The summed E-state index contributed by atoms with van der Waals surface area (Å²) in [4.78, 5) is 6.74. The van der Waals surface area contributed by atoms with Gasteiger partial charge in [-0.25, -0.2) is 4.98 Å². The van der Waals surface area contributed by atoms with Gasteiger partial charge in [-0.2, -0.15) is 0 Å². The first kappa shape index (κ1) is 15.9. The molecule has 1 atom stereocenters. The van der Waals surface area contributed by atoms with Crippen LogP contribution in [-0.2, 0) is 4.74 Å². The summed E-state index contributed by atoms with van der Waals surface area (Å²) in [6.45, 7) is 7.59. The number of aliphatic hydroxyl groups is 1. The number of hydrogen-bond acceptors (Lipinski definition) is 4. The lowest BCUT2D eigenvalue weighted by Crippen LogP contribution is -2.38. The first-order valence-electron chi connectivity index (χ1n) is 7.04. The lowest BCUT2D eigenvalue weighted by molar-refractivity contribution is 0.195. The van der Waals surface area contributed by atoms with Gasteiger partial charge >= 0.3 is 0 Å². The number of anilines is 1. The summed E-state index contributed by atoms with van der Waals surface area (Å²) < 4.78 is 5.20. The summed E-state index contributed by atoms with van der Waals surface area (Å²) in [5.74, 6) is 0.878. The Morgan fingerprint density at radius 1 is 1.37 bits per heavy atom. The second kappa shape index (κ2) is 8.12. The van der Waals surface area contributed by atoms with E-state index in [9.17, 15) is 5.11 Å². The van der Waals surface area contributed by atoms with E-state index in [0.29, 0.717) is 12.6 Å². The summed E-state index contributed by atoms with van der Waals surface area (Å²) >= 11 is 0. The van der Waals surface area contributed by atoms with Gasteiger partial charge < -0.3 is 14.7 Å². The molecule has 0 aliphatic rings. The molecule has 0 bridgehead atoms. The Morgan fingerprint density at radius 3 is 2.58 bits per heavy atom. The molecule has 1 aromatic rings. The average molecular weight is 266 g/mol. The van der Waals surface area contributed by atoms with Crippen LogP contribution in [0.25, 0.3) is 0 Å². The molecule has 19 heavy (non-hydrogen) atoms. The molecule has 1 rings (SSSR count). The number of rotatable bonds is 8. The van der Waals surface area contributed by atoms with Gasteiger partial charge in [0, 0.05) is 31.5 Å². The van der Waals surface area contributed by atoms with Crippen LogP contribution in [0.2, 0.25) is 0 Å². The maximum absolute atomic E-state index is 9.91. The molecule has 0 aliphatic carbocycles. The molecule has 4 nitrogen and oxygen atoms in total. The van der Waals surface area contributed by atoms with E-state index in [4.69, 9.17) is 4.74 Å². The zero-order chi connectivity index (χ0) is 14.3. The Balaban J connectivity index is 3.08. The third-order valence-electron chi connectivity index (χ3n) is 3.46. The van der Waals surface area contributed by atoms with Crippen LogP contribution in [-0.4, -0.2) is 36.4 Å². The summed E-state index contributed by atoms with van der Waals surface area (Å²) in [5.41, 5.74) is 0.880. The number of aromatic nitrogens is 1. The van der Waals surface area contributed by atoms with Gasteiger partial charge in [-0.05, 0) is 25.8 Å². The fourth-order valence-corrected chi connectivity index (χ4v) is 2.36. The van der Waals surface area contributed by atoms with Gasteiger partial charge in [0.15, 0.2) is 0 Å². The monoisotopic (exact) mass is 266 g/mol. The van der Waals surface area contributed by atoms with Gasteiger partial charge in [-0.15, -0.1) is 0 Å². The van der Waals surface area contributed by atoms with Crippen LogP contribution in [0.15, 0.2) is 18.3 Å². The Bertz CT molecular complexity index is 365. The lowest BCUT2D eigenvalue weighted by Gasteiger charge is -2.33. The number of nitrogens with zero attached hydrogens (tertiary/aromatic N) is 2. The zero-order valence-corrected chi connectivity index (χ0v) is 12.5. The normalized spacial score (nSPS) is 12.7. The zero-order valence-electron chi connectivity index (χ0n) is 12.5. The van der Waals surface area contributed by atoms with Crippen molar-refractivity contribution in [1.82, 2.24) is 4.98 Å². The predicted octanol–water partition coefficient (Wildman–Crippen LogP) is 2.78.